The van der Waals surface area contributed by atoms with Gasteiger partial charge in [0.05, 0.1) is 35.2 Å². The van der Waals surface area contributed by atoms with Gasteiger partial charge in [-0.3, -0.25) is 19.6 Å². The normalized spacial score (nSPS) is 11.0. The van der Waals surface area contributed by atoms with E-state index in [0.717, 1.165) is 16.8 Å². The molecular formula is C32H27ClN4O2. The van der Waals surface area contributed by atoms with E-state index in [1.807, 2.05) is 42.5 Å². The maximum atomic E-state index is 13.3. The van der Waals surface area contributed by atoms with E-state index in [2.05, 4.69) is 23.1 Å². The third-order valence-corrected chi connectivity index (χ3v) is 6.37. The number of anilines is 2. The van der Waals surface area contributed by atoms with Gasteiger partial charge in [0.1, 0.15) is 0 Å². The Morgan fingerprint density at radius 3 is 1.87 bits per heavy atom. The van der Waals surface area contributed by atoms with Crippen molar-refractivity contribution in [1.82, 2.24) is 9.97 Å². The highest BCUT2D eigenvalue weighted by Gasteiger charge is 2.20. The van der Waals surface area contributed by atoms with Crippen molar-refractivity contribution < 1.29 is 9.59 Å². The molecular weight excluding hydrogens is 508 g/mol. The lowest BCUT2D eigenvalue weighted by molar-refractivity contribution is 0.0992. The number of hydrogen-bond donors (Lipinski definition) is 0. The third-order valence-electron chi connectivity index (χ3n) is 6.15. The zero-order chi connectivity index (χ0) is 27.9. The number of pyridine rings is 2. The van der Waals surface area contributed by atoms with E-state index < -0.39 is 0 Å². The van der Waals surface area contributed by atoms with Gasteiger partial charge in [-0.2, -0.15) is 0 Å². The highest BCUT2D eigenvalue weighted by Crippen LogP contribution is 2.24. The zero-order valence-corrected chi connectivity index (χ0v) is 22.5. The number of benzene rings is 2. The van der Waals surface area contributed by atoms with E-state index in [1.165, 1.54) is 15.9 Å². The maximum absolute atomic E-state index is 13.3. The molecule has 4 aromatic rings. The lowest BCUT2D eigenvalue weighted by Crippen LogP contribution is -2.28. The average Bonchev–Trinajstić information content (AvgIpc) is 2.98. The highest BCUT2D eigenvalue weighted by atomic mass is 35.5. The van der Waals surface area contributed by atoms with E-state index in [4.69, 9.17) is 11.6 Å². The van der Waals surface area contributed by atoms with E-state index in [9.17, 15) is 9.59 Å². The predicted molar refractivity (Wildman–Crippen MR) is 159 cm³/mol. The highest BCUT2D eigenvalue weighted by molar-refractivity contribution is 6.31. The van der Waals surface area contributed by atoms with Crippen LogP contribution < -0.4 is 9.80 Å². The van der Waals surface area contributed by atoms with Gasteiger partial charge >= 0.3 is 0 Å². The molecule has 0 aliphatic rings. The molecule has 7 heteroatoms. The fraction of sp³-hybridized carbons (Fsp3) is 0.0625. The number of hydrogen-bond acceptors (Lipinski definition) is 4. The second-order valence-corrected chi connectivity index (χ2v) is 9.12. The van der Waals surface area contributed by atoms with E-state index in [1.54, 1.807) is 69.0 Å². The first-order valence-corrected chi connectivity index (χ1v) is 12.5. The van der Waals surface area contributed by atoms with Crippen LogP contribution in [-0.4, -0.2) is 35.9 Å². The van der Waals surface area contributed by atoms with E-state index in [0.29, 0.717) is 17.1 Å². The Morgan fingerprint density at radius 2 is 1.38 bits per heavy atom. The Bertz CT molecular complexity index is 1550. The summed E-state index contributed by atoms with van der Waals surface area (Å²) in [6.45, 7) is 7.49. The van der Waals surface area contributed by atoms with E-state index >= 15 is 0 Å². The molecule has 194 valence electrons. The van der Waals surface area contributed by atoms with Gasteiger partial charge in [-0.15, -0.1) is 0 Å². The first kappa shape index (κ1) is 27.2. The Labute approximate surface area is 233 Å². The summed E-state index contributed by atoms with van der Waals surface area (Å²) in [5, 5.41) is 0.280. The number of allylic oxidation sites excluding steroid dienone is 4. The quantitative estimate of drug-likeness (QED) is 0.226. The van der Waals surface area contributed by atoms with Crippen LogP contribution in [0.2, 0.25) is 5.02 Å². The van der Waals surface area contributed by atoms with Crippen molar-refractivity contribution in [3.63, 3.8) is 0 Å². The monoisotopic (exact) mass is 534 g/mol. The van der Waals surface area contributed by atoms with Crippen LogP contribution in [0.15, 0.2) is 117 Å². The van der Waals surface area contributed by atoms with Crippen molar-refractivity contribution in [2.24, 2.45) is 0 Å². The van der Waals surface area contributed by atoms with Crippen LogP contribution >= 0.6 is 11.6 Å². The van der Waals surface area contributed by atoms with Gasteiger partial charge in [0, 0.05) is 35.8 Å². The standard InChI is InChI=1S/C32H27ClN4O2/c1-5-10-22(6-2)29-15-13-27(20-34-29)36(3)31(38)24-17-25(19-26(33)18-24)32(39)37(4)28-14-16-30(35-21-28)23-11-8-7-9-12-23/h5-21H,1-2H2,3-4H3/b22-10+. The first-order valence-electron chi connectivity index (χ1n) is 12.1. The van der Waals surface area contributed by atoms with Crippen LogP contribution in [0.3, 0.4) is 0 Å². The summed E-state index contributed by atoms with van der Waals surface area (Å²) < 4.78 is 0. The molecule has 0 radical (unpaired) electrons. The third kappa shape index (κ3) is 6.20. The summed E-state index contributed by atoms with van der Waals surface area (Å²) in [4.78, 5) is 38.5. The summed E-state index contributed by atoms with van der Waals surface area (Å²) in [5.41, 5.74) is 5.07. The van der Waals surface area contributed by atoms with Gasteiger partial charge in [0.15, 0.2) is 0 Å². The van der Waals surface area contributed by atoms with Crippen molar-refractivity contribution in [2.75, 3.05) is 23.9 Å². The van der Waals surface area contributed by atoms with Gasteiger partial charge in [-0.25, -0.2) is 0 Å². The molecule has 2 heterocycles. The fourth-order valence-corrected chi connectivity index (χ4v) is 4.20. The van der Waals surface area contributed by atoms with Crippen LogP contribution in [0.25, 0.3) is 16.8 Å². The molecule has 0 atom stereocenters. The molecule has 0 N–H and O–H groups in total. The molecule has 6 nitrogen and oxygen atoms in total. The lowest BCUT2D eigenvalue weighted by atomic mass is 10.1. The molecule has 2 aromatic carbocycles. The van der Waals surface area contributed by atoms with Gasteiger partial charge < -0.3 is 9.80 Å². The molecule has 2 aromatic heterocycles. The largest absolute Gasteiger partial charge is 0.310 e. The zero-order valence-electron chi connectivity index (χ0n) is 21.7. The van der Waals surface area contributed by atoms with Gasteiger partial charge in [-0.05, 0) is 48.0 Å². The van der Waals surface area contributed by atoms with E-state index in [-0.39, 0.29) is 28.0 Å². The molecule has 0 saturated carbocycles. The fourth-order valence-electron chi connectivity index (χ4n) is 3.96. The van der Waals surface area contributed by atoms with Gasteiger partial charge in [0.25, 0.3) is 11.8 Å². The van der Waals surface area contributed by atoms with Crippen LogP contribution in [0.1, 0.15) is 26.4 Å². The molecule has 39 heavy (non-hydrogen) atoms. The van der Waals surface area contributed by atoms with Crippen LogP contribution in [0.4, 0.5) is 11.4 Å². The molecule has 4 rings (SSSR count). The van der Waals surface area contributed by atoms with Crippen LogP contribution in [0, 0.1) is 0 Å². The minimum absolute atomic E-state index is 0.279. The molecule has 0 unspecified atom stereocenters. The molecule has 0 spiro atoms. The number of carbonyl (C=O) groups is 2. The molecule has 0 saturated heterocycles. The van der Waals surface area contributed by atoms with Gasteiger partial charge in [0.2, 0.25) is 0 Å². The molecule has 0 bridgehead atoms. The molecule has 0 fully saturated rings. The second-order valence-electron chi connectivity index (χ2n) is 8.69. The van der Waals surface area contributed by atoms with Crippen molar-refractivity contribution >= 4 is 40.4 Å². The maximum Gasteiger partial charge on any atom is 0.258 e. The number of carbonyl (C=O) groups excluding carboxylic acids is 2. The van der Waals surface area contributed by atoms with Crippen LogP contribution in [0.5, 0.6) is 0 Å². The number of amides is 2. The predicted octanol–water partition coefficient (Wildman–Crippen LogP) is 7.11. The van der Waals surface area contributed by atoms with Gasteiger partial charge in [-0.1, -0.05) is 73.3 Å². The smallest absolute Gasteiger partial charge is 0.258 e. The Balaban J connectivity index is 1.54. The summed E-state index contributed by atoms with van der Waals surface area (Å²) >= 11 is 6.34. The Morgan fingerprint density at radius 1 is 0.795 bits per heavy atom. The summed E-state index contributed by atoms with van der Waals surface area (Å²) in [5.74, 6) is -0.649. The van der Waals surface area contributed by atoms with Crippen molar-refractivity contribution in [3.05, 3.63) is 138 Å². The summed E-state index contributed by atoms with van der Waals surface area (Å²) in [6.07, 6.45) is 8.40. The molecule has 2 amide bonds. The minimum atomic E-state index is -0.330. The number of aromatic nitrogens is 2. The van der Waals surface area contributed by atoms with Crippen molar-refractivity contribution in [3.8, 4) is 11.3 Å². The minimum Gasteiger partial charge on any atom is -0.310 e. The average molecular weight is 535 g/mol. The molecule has 0 aliphatic carbocycles. The number of halogens is 1. The number of nitrogens with zero attached hydrogens (tertiary/aromatic N) is 4. The lowest BCUT2D eigenvalue weighted by Gasteiger charge is -2.20. The number of rotatable bonds is 8. The molecule has 0 aliphatic heterocycles. The SMILES string of the molecule is C=C/C=C(\C=C)c1ccc(N(C)C(=O)c2cc(Cl)cc(C(=O)N(C)c3ccc(-c4ccccc4)nc3)c2)cn1. The van der Waals surface area contributed by atoms with Crippen molar-refractivity contribution in [2.45, 2.75) is 0 Å². The van der Waals surface area contributed by atoms with Crippen LogP contribution in [-0.2, 0) is 0 Å². The first-order chi connectivity index (χ1) is 18.8. The second kappa shape index (κ2) is 12.2. The summed E-state index contributed by atoms with van der Waals surface area (Å²) in [7, 11) is 3.29. The summed E-state index contributed by atoms with van der Waals surface area (Å²) in [6, 6.07) is 21.7. The Hall–Kier alpha value is -4.81. The van der Waals surface area contributed by atoms with Crippen molar-refractivity contribution in [1.29, 1.82) is 0 Å². The topological polar surface area (TPSA) is 66.4 Å². The Kier molecular flexibility index (Phi) is 8.49.